The molecule has 0 atom stereocenters. The molecule has 702 valence electrons. The van der Waals surface area contributed by atoms with Crippen LogP contribution < -0.4 is 30.9 Å². The molecule has 0 aliphatic carbocycles. The highest BCUT2D eigenvalue weighted by Gasteiger charge is 2.31. The van der Waals surface area contributed by atoms with Crippen molar-refractivity contribution in [2.45, 2.75) is 80.8 Å². The highest BCUT2D eigenvalue weighted by Crippen LogP contribution is 2.36. The van der Waals surface area contributed by atoms with Gasteiger partial charge >= 0.3 is 6.18 Å². The number of H-pyrrole nitrogens is 7. The highest BCUT2D eigenvalue weighted by molar-refractivity contribution is 9.10. The number of alkyl halides is 3. The standard InChI is InChI=1S/C16H18N6O.C16H17N3O.C15H12F3N3.C15H14N6.C14H12BrN3.2C13H11FN4/c1-11-15-13(21-20-11)4-5-17-16(15)19-12-2-3-14(18-10-12)22-6-8-23-9-7-22;1-3-20-15-7-5-4-6-12(15)10-14-16-11(2)18-19-13(16)8-9-17-14;1-9-14-12(21-20-9)5-6-19-13(14)8-10-3-2-4-11(7-10)15(16,17)18;1-9-14-12(19-18-9)5-6-16-15(14)17-11-4-3-10-8-21(2)20-13(10)7-11;1-9-14-12(18-17-9)5-6-16-13(14)8-10-3-2-4-11(15)7-10;1-8-12-11(18-17-8)5-6-15-13(12)16-10-4-2-3-9(14)7-10;1-8-12-11(18-17-8)6-7-15-13(12)16-10-5-3-2-4-9(10)14/h2-5,10H,6-9H2,1H3,(H,17,19)(H,20,21);4-9H,3,10H2,1-2H3,(H,18,19);2-7H,8H2,1H3,(H,20,21);3-8H,1-2H3,(H,16,17)(H,18,19);2-7H,8H2,1H3,(H,17,18);2*2-7H,1H3,(H,15,16)(H,17,18). The molecule has 6 aromatic carbocycles. The maximum absolute atomic E-state index is 13.6. The van der Waals surface area contributed by atoms with Crippen LogP contribution in [0.4, 0.5) is 73.8 Å². The molecule has 22 aromatic rings. The van der Waals surface area contributed by atoms with Gasteiger partial charge in [-0.1, -0.05) is 82.7 Å². The smallest absolute Gasteiger partial charge is 0.416 e. The Bertz CT molecular complexity index is 7890. The van der Waals surface area contributed by atoms with Gasteiger partial charge in [-0.2, -0.15) is 54.0 Å². The van der Waals surface area contributed by atoms with Crippen molar-refractivity contribution in [3.63, 3.8) is 0 Å². The number of fused-ring (bicyclic) bond motifs is 8. The Morgan fingerprint density at radius 2 is 0.827 bits per heavy atom. The minimum absolute atomic E-state index is 0.281. The van der Waals surface area contributed by atoms with E-state index in [1.165, 1.54) is 29.8 Å². The summed E-state index contributed by atoms with van der Waals surface area (Å²) in [5.74, 6) is 4.17. The molecule has 23 rings (SSSR count). The second kappa shape index (κ2) is 42.8. The summed E-state index contributed by atoms with van der Waals surface area (Å²) in [5.41, 5.74) is 22.0. The first-order valence-corrected chi connectivity index (χ1v) is 45.2. The summed E-state index contributed by atoms with van der Waals surface area (Å²) in [5, 5.41) is 75.4. The average molecular weight is 1930 g/mol. The molecule has 0 amide bonds. The number of pyridine rings is 8. The van der Waals surface area contributed by atoms with Crippen LogP contribution in [0.5, 0.6) is 5.75 Å². The van der Waals surface area contributed by atoms with Gasteiger partial charge in [-0.25, -0.2) is 33.7 Å². The van der Waals surface area contributed by atoms with Gasteiger partial charge in [0.1, 0.15) is 46.5 Å². The molecule has 17 heterocycles. The largest absolute Gasteiger partial charge is 0.494 e. The first-order chi connectivity index (χ1) is 67.5. The molecule has 139 heavy (non-hydrogen) atoms. The molecule has 11 N–H and O–H groups in total. The number of halogens is 6. The maximum atomic E-state index is 13.6. The summed E-state index contributed by atoms with van der Waals surface area (Å²) in [6.45, 7) is 19.7. The van der Waals surface area contributed by atoms with E-state index in [0.29, 0.717) is 41.6 Å². The van der Waals surface area contributed by atoms with Crippen LogP contribution in [0.15, 0.2) is 254 Å². The highest BCUT2D eigenvalue weighted by atomic mass is 79.9. The zero-order valence-corrected chi connectivity index (χ0v) is 78.5. The normalized spacial score (nSPS) is 11.8. The second-order valence-electron chi connectivity index (χ2n) is 32.6. The van der Waals surface area contributed by atoms with E-state index >= 15 is 0 Å². The Kier molecular flexibility index (Phi) is 28.9. The van der Waals surface area contributed by atoms with E-state index in [9.17, 15) is 22.0 Å². The molecule has 31 nitrogen and oxygen atoms in total. The van der Waals surface area contributed by atoms with Crippen LogP contribution in [0, 0.1) is 60.1 Å². The molecule has 0 radical (unpaired) electrons. The lowest BCUT2D eigenvalue weighted by Crippen LogP contribution is -2.36. The topological polar surface area (TPSA) is 392 Å². The average Bonchev–Trinajstić information content (AvgIpc) is 1.78. The maximum Gasteiger partial charge on any atom is 0.416 e. The summed E-state index contributed by atoms with van der Waals surface area (Å²) in [6.07, 6.45) is 13.5. The number of aromatic amines is 7. The molecule has 1 saturated heterocycles. The number of benzene rings is 6. The van der Waals surface area contributed by atoms with Gasteiger partial charge in [-0.05, 0) is 194 Å². The SMILES string of the molecule is CCOc1ccccc1Cc1nccc2n[nH]c(C)c12.Cc1[nH]nc2ccnc(Cc3cccc(Br)c3)c12.Cc1[nH]nc2ccnc(Cc3cccc(C(F)(F)F)c3)c12.Cc1[nH]nc2ccnc(Nc3ccc(N4CCOCC4)nc3)c12.Cc1[nH]nc2ccnc(Nc3ccc4cn(C)nc4c3)c12.Cc1[nH]nc2ccnc(Nc3cccc(F)c3)c12.Cc1[nH]nc2ccnc(Nc3ccccc3F)c12. The van der Waals surface area contributed by atoms with Crippen molar-refractivity contribution in [2.75, 3.05) is 59.1 Å². The summed E-state index contributed by atoms with van der Waals surface area (Å²) in [6, 6.07) is 57.7. The van der Waals surface area contributed by atoms with E-state index < -0.39 is 11.7 Å². The van der Waals surface area contributed by atoms with Crippen molar-refractivity contribution in [2.24, 2.45) is 7.05 Å². The van der Waals surface area contributed by atoms with Gasteiger partial charge in [0.25, 0.3) is 0 Å². The number of nitrogens with one attached hydrogen (secondary N) is 11. The zero-order chi connectivity index (χ0) is 96.6. The summed E-state index contributed by atoms with van der Waals surface area (Å²) in [4.78, 5) is 37.4. The number of morpholine rings is 1. The van der Waals surface area contributed by atoms with Crippen LogP contribution in [0.1, 0.15) is 86.1 Å². The lowest BCUT2D eigenvalue weighted by molar-refractivity contribution is -0.137. The number of nitrogens with zero attached hydrogens (tertiary/aromatic N) is 18. The molecule has 0 unspecified atom stereocenters. The molecule has 1 aliphatic heterocycles. The quantitative estimate of drug-likeness (QED) is 0.0377. The summed E-state index contributed by atoms with van der Waals surface area (Å²) >= 11 is 3.49. The first-order valence-electron chi connectivity index (χ1n) is 44.5. The van der Waals surface area contributed by atoms with Crippen LogP contribution in [-0.4, -0.2) is 154 Å². The first kappa shape index (κ1) is 94.0. The molecule has 0 spiro atoms. The number of hydrogen-bond acceptors (Lipinski definition) is 23. The van der Waals surface area contributed by atoms with E-state index in [-0.39, 0.29) is 11.6 Å². The van der Waals surface area contributed by atoms with E-state index in [4.69, 9.17) is 9.47 Å². The number of anilines is 9. The minimum atomic E-state index is -4.33. The van der Waals surface area contributed by atoms with Crippen LogP contribution >= 0.6 is 15.9 Å². The van der Waals surface area contributed by atoms with Crippen LogP contribution in [0.3, 0.4) is 0 Å². The summed E-state index contributed by atoms with van der Waals surface area (Å²) in [7, 11) is 1.92. The monoisotopic (exact) mass is 1930 g/mol. The minimum Gasteiger partial charge on any atom is -0.494 e. The third-order valence-electron chi connectivity index (χ3n) is 22.7. The predicted octanol–water partition coefficient (Wildman–Crippen LogP) is 22.2. The number of ether oxygens (including phenoxy) is 2. The predicted molar refractivity (Wildman–Crippen MR) is 536 cm³/mol. The Morgan fingerprint density at radius 1 is 0.403 bits per heavy atom. The van der Waals surface area contributed by atoms with Gasteiger partial charge < -0.3 is 35.6 Å². The van der Waals surface area contributed by atoms with Gasteiger partial charge in [-0.3, -0.25) is 55.3 Å². The van der Waals surface area contributed by atoms with Gasteiger partial charge in [-0.15, -0.1) is 0 Å². The van der Waals surface area contributed by atoms with Gasteiger partial charge in [0.2, 0.25) is 0 Å². The van der Waals surface area contributed by atoms with E-state index in [2.05, 4.69) is 177 Å². The molecule has 16 aromatic heterocycles. The molecular formula is C102H95BrF5N29O2. The van der Waals surface area contributed by atoms with Crippen molar-refractivity contribution in [3.05, 3.63) is 345 Å². The van der Waals surface area contributed by atoms with Crippen LogP contribution in [-0.2, 0) is 37.2 Å². The van der Waals surface area contributed by atoms with Crippen LogP contribution in [0.2, 0.25) is 0 Å². The molecule has 37 heteroatoms. The Hall–Kier alpha value is -16.8. The third-order valence-corrected chi connectivity index (χ3v) is 23.2. The fraction of sp³-hybridized carbons (Fsp3) is 0.176. The van der Waals surface area contributed by atoms with Gasteiger partial charge in [0, 0.05) is 172 Å². The van der Waals surface area contributed by atoms with Gasteiger partial charge in [0.15, 0.2) is 0 Å². The van der Waals surface area contributed by atoms with Crippen molar-refractivity contribution in [3.8, 4) is 5.75 Å². The Morgan fingerprint density at radius 3 is 1.30 bits per heavy atom. The molecule has 0 saturated carbocycles. The number of aromatic nitrogens is 24. The van der Waals surface area contributed by atoms with Crippen molar-refractivity contribution < 1.29 is 31.4 Å². The second-order valence-corrected chi connectivity index (χ2v) is 33.5. The van der Waals surface area contributed by atoms with Crippen molar-refractivity contribution in [1.29, 1.82) is 0 Å². The lowest BCUT2D eigenvalue weighted by Gasteiger charge is -2.27. The van der Waals surface area contributed by atoms with E-state index in [1.807, 2.05) is 183 Å². The number of aryl methyl sites for hydroxylation is 8. The van der Waals surface area contributed by atoms with E-state index in [0.717, 1.165) is 240 Å². The van der Waals surface area contributed by atoms with Gasteiger partial charge in [0.05, 0.1) is 126 Å². The van der Waals surface area contributed by atoms with Crippen molar-refractivity contribution >= 4 is 155 Å². The molecule has 0 bridgehead atoms. The number of hydrogen-bond donors (Lipinski definition) is 11. The summed E-state index contributed by atoms with van der Waals surface area (Å²) < 4.78 is 78.9. The van der Waals surface area contributed by atoms with Crippen LogP contribution in [0.25, 0.3) is 87.2 Å². The molecule has 1 fully saturated rings. The fourth-order valence-corrected chi connectivity index (χ4v) is 16.6. The molecular weight excluding hydrogens is 1840 g/mol. The van der Waals surface area contributed by atoms with E-state index in [1.54, 1.807) is 79.6 Å². The van der Waals surface area contributed by atoms with Crippen molar-refractivity contribution in [1.82, 2.24) is 121 Å². The third kappa shape index (κ3) is 22.6. The number of rotatable bonds is 17. The zero-order valence-electron chi connectivity index (χ0n) is 77.0. The molecule has 1 aliphatic rings. The number of para-hydroxylation sites is 2. The Balaban J connectivity index is 0.000000112. The fourth-order valence-electron chi connectivity index (χ4n) is 16.2. The Labute approximate surface area is 800 Å². The lowest BCUT2D eigenvalue weighted by atomic mass is 10.0.